The molecule has 0 aliphatic carbocycles. The van der Waals surface area contributed by atoms with Gasteiger partial charge in [0.1, 0.15) is 13.2 Å². The topological polar surface area (TPSA) is 88.1 Å². The van der Waals surface area contributed by atoms with Crippen LogP contribution >= 0.6 is 7.60 Å². The van der Waals surface area contributed by atoms with E-state index in [2.05, 4.69) is 0 Å². The van der Waals surface area contributed by atoms with Crippen LogP contribution in [0, 0.1) is 5.92 Å². The van der Waals surface area contributed by atoms with Crippen molar-refractivity contribution >= 4 is 19.5 Å². The summed E-state index contributed by atoms with van der Waals surface area (Å²) in [5.74, 6) is -2.46. The van der Waals surface area contributed by atoms with Crippen LogP contribution in [-0.4, -0.2) is 23.1 Å². The van der Waals surface area contributed by atoms with Gasteiger partial charge in [0.2, 0.25) is 0 Å². The zero-order valence-corrected chi connectivity index (χ0v) is 25.7. The Balaban J connectivity index is 1.74. The average Bonchev–Trinajstić information content (AvgIpc) is 2.88. The van der Waals surface area contributed by atoms with Crippen molar-refractivity contribution in [3.63, 3.8) is 0 Å². The van der Waals surface area contributed by atoms with E-state index in [1.165, 1.54) is 0 Å². The molecular weight excluding hydrogens is 539 g/mol. The fraction of sp³-hybridized carbons (Fsp3) is 0.394. The summed E-state index contributed by atoms with van der Waals surface area (Å²) in [5, 5.41) is 0. The Bertz CT molecular complexity index is 1230. The zero-order chi connectivity index (χ0) is 30.1. The van der Waals surface area contributed by atoms with Gasteiger partial charge in [-0.25, -0.2) is 0 Å². The minimum Gasteiger partial charge on any atom is -0.460 e. The second kappa shape index (κ2) is 14.1. The molecule has 0 aromatic heterocycles. The maximum atomic E-state index is 13.7. The van der Waals surface area contributed by atoms with E-state index in [4.69, 9.17) is 18.5 Å². The summed E-state index contributed by atoms with van der Waals surface area (Å²) >= 11 is 0. The number of carbonyl (C=O) groups is 2. The van der Waals surface area contributed by atoms with Gasteiger partial charge in [0.05, 0.1) is 17.4 Å². The highest BCUT2D eigenvalue weighted by Gasteiger charge is 2.35. The van der Waals surface area contributed by atoms with Crippen molar-refractivity contribution in [1.29, 1.82) is 0 Å². The third-order valence-electron chi connectivity index (χ3n) is 5.68. The first-order valence-corrected chi connectivity index (χ1v) is 15.4. The standard InChI is InChI=1S/C33H41O7P/c1-32(2,3)39-41(36,40-33(4,5)6)24-28-19-17-25(18-20-28)21-29(30(34)37-22-26-13-9-7-10-14-26)31(35)38-23-27-15-11-8-12-16-27/h7-20,29H,21-24H2,1-6H3. The number of ether oxygens (including phenoxy) is 2. The molecule has 0 unspecified atom stereocenters. The molecule has 0 N–H and O–H groups in total. The van der Waals surface area contributed by atoms with Crippen molar-refractivity contribution in [3.05, 3.63) is 107 Å². The fourth-order valence-corrected chi connectivity index (χ4v) is 6.57. The Morgan fingerprint density at radius 3 is 1.39 bits per heavy atom. The summed E-state index contributed by atoms with van der Waals surface area (Å²) in [6.45, 7) is 11.1. The summed E-state index contributed by atoms with van der Waals surface area (Å²) in [6.07, 6.45) is 0.180. The first-order valence-electron chi connectivity index (χ1n) is 13.7. The number of hydrogen-bond donors (Lipinski definition) is 0. The molecule has 0 atom stereocenters. The summed E-state index contributed by atoms with van der Waals surface area (Å²) < 4.78 is 36.5. The van der Waals surface area contributed by atoms with Crippen LogP contribution in [0.3, 0.4) is 0 Å². The Kier molecular flexibility index (Phi) is 11.1. The smallest absolute Gasteiger partial charge is 0.336 e. The zero-order valence-electron chi connectivity index (χ0n) is 24.8. The number of benzene rings is 3. The van der Waals surface area contributed by atoms with Crippen LogP contribution < -0.4 is 0 Å². The molecule has 3 aromatic rings. The largest absolute Gasteiger partial charge is 0.460 e. The summed E-state index contributed by atoms with van der Waals surface area (Å²) in [4.78, 5) is 26.2. The van der Waals surface area contributed by atoms with Crippen LogP contribution in [0.2, 0.25) is 0 Å². The monoisotopic (exact) mass is 580 g/mol. The lowest BCUT2D eigenvalue weighted by Crippen LogP contribution is -2.30. The van der Waals surface area contributed by atoms with Crippen molar-refractivity contribution in [2.24, 2.45) is 5.92 Å². The number of hydrogen-bond acceptors (Lipinski definition) is 7. The van der Waals surface area contributed by atoms with Crippen molar-refractivity contribution in [1.82, 2.24) is 0 Å². The van der Waals surface area contributed by atoms with E-state index < -0.39 is 36.7 Å². The minimum absolute atomic E-state index is 0.0535. The van der Waals surface area contributed by atoms with Gasteiger partial charge in [-0.1, -0.05) is 84.9 Å². The molecule has 220 valence electrons. The Morgan fingerprint density at radius 1 is 0.610 bits per heavy atom. The van der Waals surface area contributed by atoms with E-state index >= 15 is 0 Å². The van der Waals surface area contributed by atoms with Crippen LogP contribution in [0.15, 0.2) is 84.9 Å². The molecule has 0 saturated carbocycles. The summed E-state index contributed by atoms with van der Waals surface area (Å²) in [5.41, 5.74) is 1.81. The van der Waals surface area contributed by atoms with E-state index in [-0.39, 0.29) is 25.8 Å². The van der Waals surface area contributed by atoms with Gasteiger partial charge in [0.15, 0.2) is 5.92 Å². The van der Waals surface area contributed by atoms with Gasteiger partial charge in [-0.3, -0.25) is 14.2 Å². The lowest BCUT2D eigenvalue weighted by Gasteiger charge is -2.32. The molecule has 8 heteroatoms. The maximum Gasteiger partial charge on any atom is 0.336 e. The van der Waals surface area contributed by atoms with Crippen LogP contribution in [0.4, 0.5) is 0 Å². The first kappa shape index (κ1) is 32.3. The van der Waals surface area contributed by atoms with Crippen LogP contribution in [0.5, 0.6) is 0 Å². The van der Waals surface area contributed by atoms with Gasteiger partial charge in [0, 0.05) is 0 Å². The molecule has 0 aliphatic heterocycles. The molecule has 0 heterocycles. The van der Waals surface area contributed by atoms with Crippen molar-refractivity contribution < 1.29 is 32.7 Å². The second-order valence-electron chi connectivity index (χ2n) is 11.9. The van der Waals surface area contributed by atoms with E-state index in [1.54, 1.807) is 12.1 Å². The molecule has 0 bridgehead atoms. The highest BCUT2D eigenvalue weighted by Crippen LogP contribution is 2.56. The molecule has 0 amide bonds. The molecule has 0 radical (unpaired) electrons. The normalized spacial score (nSPS) is 12.3. The molecule has 0 aliphatic rings. The number of esters is 2. The number of carbonyl (C=O) groups excluding carboxylic acids is 2. The predicted octanol–water partition coefficient (Wildman–Crippen LogP) is 7.66. The van der Waals surface area contributed by atoms with Gasteiger partial charge < -0.3 is 18.5 Å². The summed E-state index contributed by atoms with van der Waals surface area (Å²) in [7, 11) is -3.48. The lowest BCUT2D eigenvalue weighted by molar-refractivity contribution is -0.163. The Hall–Kier alpha value is -3.25. The molecule has 0 fully saturated rings. The van der Waals surface area contributed by atoms with E-state index in [0.29, 0.717) is 0 Å². The van der Waals surface area contributed by atoms with Crippen LogP contribution in [0.25, 0.3) is 0 Å². The van der Waals surface area contributed by atoms with E-state index in [9.17, 15) is 14.2 Å². The van der Waals surface area contributed by atoms with Crippen molar-refractivity contribution in [2.45, 2.75) is 78.5 Å². The highest BCUT2D eigenvalue weighted by molar-refractivity contribution is 7.53. The third kappa shape index (κ3) is 11.6. The van der Waals surface area contributed by atoms with Crippen molar-refractivity contribution in [3.8, 4) is 0 Å². The van der Waals surface area contributed by atoms with Gasteiger partial charge in [-0.2, -0.15) is 0 Å². The SMILES string of the molecule is CC(C)(C)OP(=O)(Cc1ccc(CC(C(=O)OCc2ccccc2)C(=O)OCc2ccccc2)cc1)OC(C)(C)C. The molecule has 0 saturated heterocycles. The molecule has 3 aromatic carbocycles. The van der Waals surface area contributed by atoms with E-state index in [0.717, 1.165) is 22.3 Å². The highest BCUT2D eigenvalue weighted by atomic mass is 31.2. The van der Waals surface area contributed by atoms with Gasteiger partial charge >= 0.3 is 19.5 Å². The van der Waals surface area contributed by atoms with Crippen molar-refractivity contribution in [2.75, 3.05) is 0 Å². The Labute approximate surface area is 243 Å². The van der Waals surface area contributed by atoms with E-state index in [1.807, 2.05) is 114 Å². The quantitative estimate of drug-likeness (QED) is 0.123. The van der Waals surface area contributed by atoms with Crippen LogP contribution in [0.1, 0.15) is 63.8 Å². The maximum absolute atomic E-state index is 13.7. The average molecular weight is 581 g/mol. The van der Waals surface area contributed by atoms with Gasteiger partial charge in [-0.15, -0.1) is 0 Å². The fourth-order valence-electron chi connectivity index (χ4n) is 4.08. The summed E-state index contributed by atoms with van der Waals surface area (Å²) in [6, 6.07) is 25.8. The molecule has 7 nitrogen and oxygen atoms in total. The minimum atomic E-state index is -3.48. The first-order chi connectivity index (χ1) is 19.2. The lowest BCUT2D eigenvalue weighted by atomic mass is 9.98. The number of rotatable bonds is 12. The molecular formula is C33H41O7P. The van der Waals surface area contributed by atoms with Crippen LogP contribution in [-0.2, 0) is 58.5 Å². The Morgan fingerprint density at radius 2 is 1.00 bits per heavy atom. The third-order valence-corrected chi connectivity index (χ3v) is 8.09. The molecule has 0 spiro atoms. The molecule has 41 heavy (non-hydrogen) atoms. The van der Waals surface area contributed by atoms with Gasteiger partial charge in [-0.05, 0) is 70.2 Å². The predicted molar refractivity (Wildman–Crippen MR) is 159 cm³/mol. The van der Waals surface area contributed by atoms with Gasteiger partial charge in [0.25, 0.3) is 0 Å². The second-order valence-corrected chi connectivity index (χ2v) is 13.8. The molecule has 3 rings (SSSR count).